The summed E-state index contributed by atoms with van der Waals surface area (Å²) in [7, 11) is 0. The van der Waals surface area contributed by atoms with Crippen LogP contribution in [0.25, 0.3) is 0 Å². The number of hydrogen-bond acceptors (Lipinski definition) is 1. The van der Waals surface area contributed by atoms with Crippen molar-refractivity contribution in [2.24, 2.45) is 0 Å². The summed E-state index contributed by atoms with van der Waals surface area (Å²) in [6.07, 6.45) is 0. The maximum Gasteiger partial charge on any atom is 0.123 e. The number of halogens is 2. The average Bonchev–Trinajstić information content (AvgIpc) is 2.45. The van der Waals surface area contributed by atoms with E-state index in [4.69, 9.17) is 16.3 Å². The van der Waals surface area contributed by atoms with Crippen LogP contribution >= 0.6 is 11.6 Å². The van der Waals surface area contributed by atoms with Gasteiger partial charge in [0.1, 0.15) is 18.2 Å². The molecule has 1 nitrogen and oxygen atoms in total. The molecule has 3 heteroatoms. The molecule has 19 heavy (non-hydrogen) atoms. The Morgan fingerprint density at radius 1 is 1.11 bits per heavy atom. The van der Waals surface area contributed by atoms with Crippen LogP contribution in [0.2, 0.25) is 0 Å². The van der Waals surface area contributed by atoms with E-state index in [0.717, 1.165) is 16.9 Å². The maximum atomic E-state index is 12.8. The summed E-state index contributed by atoms with van der Waals surface area (Å²) >= 11 is 5.51. The summed E-state index contributed by atoms with van der Waals surface area (Å²) in [5.41, 5.74) is 1.77. The summed E-state index contributed by atoms with van der Waals surface area (Å²) in [5.74, 6) is 6.50. The van der Waals surface area contributed by atoms with E-state index in [1.807, 2.05) is 24.3 Å². The van der Waals surface area contributed by atoms with Gasteiger partial charge in [0, 0.05) is 5.56 Å². The second kappa shape index (κ2) is 6.82. The Labute approximate surface area is 117 Å². The molecule has 0 unspecified atom stereocenters. The molecule has 0 aliphatic rings. The molecule has 2 aromatic rings. The van der Waals surface area contributed by atoms with Crippen molar-refractivity contribution in [2.75, 3.05) is 5.88 Å². The van der Waals surface area contributed by atoms with Crippen LogP contribution in [0, 0.1) is 17.7 Å². The van der Waals surface area contributed by atoms with Crippen molar-refractivity contribution in [1.29, 1.82) is 0 Å². The third-order valence-corrected chi connectivity index (χ3v) is 2.59. The van der Waals surface area contributed by atoms with Crippen LogP contribution < -0.4 is 4.74 Å². The SMILES string of the molecule is Fc1ccc(COc2cccc(C#CCCl)c2)cc1. The molecule has 0 amide bonds. The minimum Gasteiger partial charge on any atom is -0.489 e. The molecule has 0 saturated carbocycles. The molecule has 0 bridgehead atoms. The van der Waals surface area contributed by atoms with Crippen LogP contribution in [0.5, 0.6) is 5.75 Å². The Morgan fingerprint density at radius 2 is 1.89 bits per heavy atom. The zero-order chi connectivity index (χ0) is 13.5. The smallest absolute Gasteiger partial charge is 0.123 e. The lowest BCUT2D eigenvalue weighted by Gasteiger charge is -2.06. The topological polar surface area (TPSA) is 9.23 Å². The van der Waals surface area contributed by atoms with E-state index >= 15 is 0 Å². The van der Waals surface area contributed by atoms with E-state index in [-0.39, 0.29) is 5.82 Å². The van der Waals surface area contributed by atoms with Crippen molar-refractivity contribution in [3.05, 3.63) is 65.5 Å². The number of alkyl halides is 1. The van der Waals surface area contributed by atoms with Gasteiger partial charge in [-0.05, 0) is 35.9 Å². The van der Waals surface area contributed by atoms with Crippen LogP contribution in [0.15, 0.2) is 48.5 Å². The lowest BCUT2D eigenvalue weighted by Crippen LogP contribution is -1.95. The van der Waals surface area contributed by atoms with Crippen LogP contribution in [0.4, 0.5) is 4.39 Å². The molecule has 2 aromatic carbocycles. The third-order valence-electron chi connectivity index (χ3n) is 2.45. The van der Waals surface area contributed by atoms with E-state index in [1.165, 1.54) is 12.1 Å². The monoisotopic (exact) mass is 274 g/mol. The highest BCUT2D eigenvalue weighted by Crippen LogP contribution is 2.15. The number of ether oxygens (including phenoxy) is 1. The first-order valence-electron chi connectivity index (χ1n) is 5.80. The Balaban J connectivity index is 2.01. The number of benzene rings is 2. The predicted molar refractivity (Wildman–Crippen MR) is 74.8 cm³/mol. The first-order chi connectivity index (χ1) is 9.28. The summed E-state index contributed by atoms with van der Waals surface area (Å²) in [6, 6.07) is 13.7. The Hall–Kier alpha value is -1.98. The molecule has 0 fully saturated rings. The Morgan fingerprint density at radius 3 is 2.63 bits per heavy atom. The molecular formula is C16H12ClFO. The molecule has 0 saturated heterocycles. The fourth-order valence-electron chi connectivity index (χ4n) is 1.55. The zero-order valence-corrected chi connectivity index (χ0v) is 11.0. The van der Waals surface area contributed by atoms with Crippen molar-refractivity contribution < 1.29 is 9.13 Å². The van der Waals surface area contributed by atoms with Gasteiger partial charge < -0.3 is 4.74 Å². The van der Waals surface area contributed by atoms with Gasteiger partial charge in [0.25, 0.3) is 0 Å². The molecule has 0 spiro atoms. The van der Waals surface area contributed by atoms with E-state index < -0.39 is 0 Å². The maximum absolute atomic E-state index is 12.8. The molecule has 0 aliphatic carbocycles. The van der Waals surface area contributed by atoms with E-state index in [0.29, 0.717) is 12.5 Å². The van der Waals surface area contributed by atoms with Gasteiger partial charge in [0.15, 0.2) is 0 Å². The standard InChI is InChI=1S/C16H12ClFO/c17-10-2-4-13-3-1-5-16(11-13)19-12-14-6-8-15(18)9-7-14/h1,3,5-9,11H,10,12H2. The summed E-state index contributed by atoms with van der Waals surface area (Å²) in [6.45, 7) is 0.396. The normalized spacial score (nSPS) is 9.58. The summed E-state index contributed by atoms with van der Waals surface area (Å²) < 4.78 is 18.4. The highest BCUT2D eigenvalue weighted by Gasteiger charge is 1.97. The molecule has 0 N–H and O–H groups in total. The largest absolute Gasteiger partial charge is 0.489 e. The van der Waals surface area contributed by atoms with Crippen LogP contribution in [-0.2, 0) is 6.61 Å². The fraction of sp³-hybridized carbons (Fsp3) is 0.125. The highest BCUT2D eigenvalue weighted by molar-refractivity contribution is 6.19. The van der Waals surface area contributed by atoms with Gasteiger partial charge in [-0.3, -0.25) is 0 Å². The molecule has 0 aliphatic heterocycles. The van der Waals surface area contributed by atoms with Crippen molar-refractivity contribution in [1.82, 2.24) is 0 Å². The van der Waals surface area contributed by atoms with Gasteiger partial charge in [-0.25, -0.2) is 4.39 Å². The van der Waals surface area contributed by atoms with Gasteiger partial charge in [0.2, 0.25) is 0 Å². The predicted octanol–water partition coefficient (Wildman–Crippen LogP) is 4.00. The van der Waals surface area contributed by atoms with Crippen LogP contribution in [0.3, 0.4) is 0 Å². The average molecular weight is 275 g/mol. The molecule has 0 aromatic heterocycles. The molecule has 2 rings (SSSR count). The fourth-order valence-corrected chi connectivity index (χ4v) is 1.61. The van der Waals surface area contributed by atoms with Gasteiger partial charge in [0.05, 0.1) is 5.88 Å². The van der Waals surface area contributed by atoms with Crippen LogP contribution in [0.1, 0.15) is 11.1 Å². The van der Waals surface area contributed by atoms with E-state index in [1.54, 1.807) is 12.1 Å². The number of hydrogen-bond donors (Lipinski definition) is 0. The first-order valence-corrected chi connectivity index (χ1v) is 6.33. The van der Waals surface area contributed by atoms with Crippen molar-refractivity contribution in [3.63, 3.8) is 0 Å². The van der Waals surface area contributed by atoms with Gasteiger partial charge in [-0.15, -0.1) is 11.6 Å². The lowest BCUT2D eigenvalue weighted by molar-refractivity contribution is 0.306. The quantitative estimate of drug-likeness (QED) is 0.607. The van der Waals surface area contributed by atoms with Gasteiger partial charge in [-0.1, -0.05) is 30.0 Å². The van der Waals surface area contributed by atoms with Crippen molar-refractivity contribution in [2.45, 2.75) is 6.61 Å². The molecule has 96 valence electrons. The minimum absolute atomic E-state index is 0.248. The third kappa shape index (κ3) is 4.31. The molecule has 0 atom stereocenters. The van der Waals surface area contributed by atoms with Gasteiger partial charge in [-0.2, -0.15) is 0 Å². The second-order valence-corrected chi connectivity index (χ2v) is 4.15. The van der Waals surface area contributed by atoms with Crippen molar-refractivity contribution in [3.8, 4) is 17.6 Å². The summed E-state index contributed by atoms with van der Waals surface area (Å²) in [4.78, 5) is 0. The van der Waals surface area contributed by atoms with Gasteiger partial charge >= 0.3 is 0 Å². The summed E-state index contributed by atoms with van der Waals surface area (Å²) in [5, 5.41) is 0. The second-order valence-electron chi connectivity index (χ2n) is 3.88. The van der Waals surface area contributed by atoms with Crippen LogP contribution in [-0.4, -0.2) is 5.88 Å². The minimum atomic E-state index is -0.248. The van der Waals surface area contributed by atoms with E-state index in [2.05, 4.69) is 11.8 Å². The zero-order valence-electron chi connectivity index (χ0n) is 10.2. The highest BCUT2D eigenvalue weighted by atomic mass is 35.5. The van der Waals surface area contributed by atoms with E-state index in [9.17, 15) is 4.39 Å². The van der Waals surface area contributed by atoms with Crippen molar-refractivity contribution >= 4 is 11.6 Å². The Kier molecular flexibility index (Phi) is 4.83. The Bertz CT molecular complexity index is 596. The number of rotatable bonds is 3. The molecule has 0 heterocycles. The first kappa shape index (κ1) is 13.5. The molecule has 0 radical (unpaired) electrons. The lowest BCUT2D eigenvalue weighted by atomic mass is 10.2. The molecular weight excluding hydrogens is 263 g/mol.